The van der Waals surface area contributed by atoms with Crippen LogP contribution in [0, 0.1) is 0 Å². The number of hydrogen-bond acceptors (Lipinski definition) is 6. The summed E-state index contributed by atoms with van der Waals surface area (Å²) in [5.41, 5.74) is 0. The lowest BCUT2D eigenvalue weighted by Crippen LogP contribution is -2.30. The molecular formula is C51H86O6. The summed E-state index contributed by atoms with van der Waals surface area (Å²) in [6.07, 6.45) is 55.9. The third-order valence-electron chi connectivity index (χ3n) is 9.60. The summed E-state index contributed by atoms with van der Waals surface area (Å²) in [6.45, 7) is 6.39. The Balaban J connectivity index is 4.46. The minimum Gasteiger partial charge on any atom is -0.462 e. The molecule has 0 rings (SSSR count). The van der Waals surface area contributed by atoms with Crippen LogP contribution in [0.3, 0.4) is 0 Å². The van der Waals surface area contributed by atoms with Crippen molar-refractivity contribution in [2.24, 2.45) is 0 Å². The number of hydrogen-bond donors (Lipinski definition) is 0. The van der Waals surface area contributed by atoms with Gasteiger partial charge in [0.2, 0.25) is 0 Å². The zero-order valence-electron chi connectivity index (χ0n) is 37.1. The second kappa shape index (κ2) is 45.6. The fraction of sp³-hybridized carbons (Fsp3) is 0.706. The highest BCUT2D eigenvalue weighted by molar-refractivity contribution is 5.71. The molecule has 0 saturated carbocycles. The number of esters is 3. The normalized spacial score (nSPS) is 12.2. The average Bonchev–Trinajstić information content (AvgIpc) is 3.21. The van der Waals surface area contributed by atoms with Gasteiger partial charge in [-0.25, -0.2) is 0 Å². The van der Waals surface area contributed by atoms with Crippen molar-refractivity contribution in [2.75, 3.05) is 13.2 Å². The Morgan fingerprint density at radius 3 is 0.965 bits per heavy atom. The Morgan fingerprint density at radius 1 is 0.351 bits per heavy atom. The lowest BCUT2D eigenvalue weighted by atomic mass is 10.1. The molecule has 326 valence electrons. The highest BCUT2D eigenvalue weighted by atomic mass is 16.6. The molecule has 0 aromatic carbocycles. The van der Waals surface area contributed by atoms with E-state index < -0.39 is 6.10 Å². The SMILES string of the molecule is CCC/C=C\C/C=C\CCCCCCCC(=O)OCC(COC(=O)CCCCCCC/C=C\C/C=C\CCC)OC(=O)CCCCCCC/C=C\C/C=C\CCC. The molecule has 0 atom stereocenters. The van der Waals surface area contributed by atoms with Crippen molar-refractivity contribution in [3.8, 4) is 0 Å². The average molecular weight is 795 g/mol. The molecule has 0 aliphatic heterocycles. The summed E-state index contributed by atoms with van der Waals surface area (Å²) >= 11 is 0. The van der Waals surface area contributed by atoms with Gasteiger partial charge in [-0.2, -0.15) is 0 Å². The van der Waals surface area contributed by atoms with Crippen molar-refractivity contribution >= 4 is 17.9 Å². The van der Waals surface area contributed by atoms with Crippen molar-refractivity contribution in [3.63, 3.8) is 0 Å². The summed E-state index contributed by atoms with van der Waals surface area (Å²) in [5.74, 6) is -0.941. The predicted molar refractivity (Wildman–Crippen MR) is 242 cm³/mol. The molecule has 0 bridgehead atoms. The Kier molecular flexibility index (Phi) is 43.0. The number of carbonyl (C=O) groups excluding carboxylic acids is 3. The van der Waals surface area contributed by atoms with Crippen molar-refractivity contribution in [2.45, 2.75) is 219 Å². The van der Waals surface area contributed by atoms with Gasteiger partial charge in [0, 0.05) is 19.3 Å². The monoisotopic (exact) mass is 795 g/mol. The van der Waals surface area contributed by atoms with Crippen LogP contribution in [0.15, 0.2) is 72.9 Å². The molecule has 0 aliphatic rings. The lowest BCUT2D eigenvalue weighted by molar-refractivity contribution is -0.167. The summed E-state index contributed by atoms with van der Waals surface area (Å²) in [7, 11) is 0. The molecule has 0 fully saturated rings. The van der Waals surface area contributed by atoms with Crippen LogP contribution >= 0.6 is 0 Å². The van der Waals surface area contributed by atoms with E-state index in [9.17, 15) is 14.4 Å². The van der Waals surface area contributed by atoms with Crippen LogP contribution < -0.4 is 0 Å². The van der Waals surface area contributed by atoms with Crippen LogP contribution in [0.5, 0.6) is 0 Å². The van der Waals surface area contributed by atoms with E-state index in [0.29, 0.717) is 19.3 Å². The van der Waals surface area contributed by atoms with Gasteiger partial charge >= 0.3 is 17.9 Å². The molecule has 6 heteroatoms. The largest absolute Gasteiger partial charge is 0.462 e. The summed E-state index contributed by atoms with van der Waals surface area (Å²) in [4.78, 5) is 37.8. The maximum atomic E-state index is 12.7. The van der Waals surface area contributed by atoms with Crippen LogP contribution in [-0.2, 0) is 28.6 Å². The molecule has 57 heavy (non-hydrogen) atoms. The van der Waals surface area contributed by atoms with Crippen molar-refractivity contribution in [1.82, 2.24) is 0 Å². The van der Waals surface area contributed by atoms with Crippen molar-refractivity contribution < 1.29 is 28.6 Å². The standard InChI is InChI=1S/C51H86O6/c1-4-7-10-13-16-19-22-25-28-31-34-37-40-43-49(52)55-46-48(57-51(54)45-42-39-36-33-30-27-24-21-18-15-12-9-6-3)47-56-50(53)44-41-38-35-32-29-26-23-20-17-14-11-8-5-2/h10-15,19-24,48H,4-9,16-18,25-47H2,1-3H3/b13-10-,14-11-,15-12-,22-19-,23-20-,24-21-. The smallest absolute Gasteiger partial charge is 0.306 e. The number of ether oxygens (including phenoxy) is 3. The number of rotatable bonds is 41. The summed E-state index contributed by atoms with van der Waals surface area (Å²) < 4.78 is 16.7. The van der Waals surface area contributed by atoms with Crippen LogP contribution in [0.25, 0.3) is 0 Å². The van der Waals surface area contributed by atoms with Crippen LogP contribution in [0.4, 0.5) is 0 Å². The van der Waals surface area contributed by atoms with Crippen LogP contribution in [0.1, 0.15) is 213 Å². The van der Waals surface area contributed by atoms with Gasteiger partial charge in [-0.3, -0.25) is 14.4 Å². The van der Waals surface area contributed by atoms with Gasteiger partial charge in [-0.05, 0) is 96.3 Å². The number of unbranched alkanes of at least 4 members (excludes halogenated alkanes) is 18. The zero-order chi connectivity index (χ0) is 41.5. The highest BCUT2D eigenvalue weighted by Gasteiger charge is 2.19. The van der Waals surface area contributed by atoms with Gasteiger partial charge < -0.3 is 14.2 Å². The van der Waals surface area contributed by atoms with E-state index in [4.69, 9.17) is 14.2 Å². The van der Waals surface area contributed by atoms with Crippen molar-refractivity contribution in [3.05, 3.63) is 72.9 Å². The van der Waals surface area contributed by atoms with Crippen LogP contribution in [0.2, 0.25) is 0 Å². The highest BCUT2D eigenvalue weighted by Crippen LogP contribution is 2.13. The molecule has 0 radical (unpaired) electrons. The molecule has 0 N–H and O–H groups in total. The summed E-state index contributed by atoms with van der Waals surface area (Å²) in [5, 5.41) is 0. The fourth-order valence-corrected chi connectivity index (χ4v) is 6.08. The van der Waals surface area contributed by atoms with Gasteiger partial charge in [0.1, 0.15) is 13.2 Å². The number of allylic oxidation sites excluding steroid dienone is 12. The van der Waals surface area contributed by atoms with Crippen LogP contribution in [-0.4, -0.2) is 37.2 Å². The number of carbonyl (C=O) groups is 3. The molecule has 0 saturated heterocycles. The van der Waals surface area contributed by atoms with Gasteiger partial charge in [0.05, 0.1) is 0 Å². The van der Waals surface area contributed by atoms with E-state index in [1.165, 1.54) is 19.3 Å². The second-order valence-corrected chi connectivity index (χ2v) is 15.3. The molecule has 0 unspecified atom stereocenters. The minimum absolute atomic E-state index is 0.0940. The zero-order valence-corrected chi connectivity index (χ0v) is 37.1. The van der Waals surface area contributed by atoms with E-state index in [1.54, 1.807) is 0 Å². The van der Waals surface area contributed by atoms with Gasteiger partial charge in [-0.1, -0.05) is 171 Å². The van der Waals surface area contributed by atoms with E-state index in [2.05, 4.69) is 93.7 Å². The molecule has 6 nitrogen and oxygen atoms in total. The van der Waals surface area contributed by atoms with E-state index in [-0.39, 0.29) is 31.1 Å². The van der Waals surface area contributed by atoms with Gasteiger partial charge in [-0.15, -0.1) is 0 Å². The van der Waals surface area contributed by atoms with Gasteiger partial charge in [0.15, 0.2) is 6.10 Å². The van der Waals surface area contributed by atoms with E-state index in [0.717, 1.165) is 154 Å². The van der Waals surface area contributed by atoms with E-state index >= 15 is 0 Å². The Morgan fingerprint density at radius 2 is 0.632 bits per heavy atom. The Hall–Kier alpha value is -3.15. The molecule has 0 heterocycles. The first-order chi connectivity index (χ1) is 28.0. The summed E-state index contributed by atoms with van der Waals surface area (Å²) in [6, 6.07) is 0. The molecular weight excluding hydrogens is 709 g/mol. The molecule has 0 amide bonds. The molecule has 0 aromatic heterocycles. The maximum absolute atomic E-state index is 12.7. The van der Waals surface area contributed by atoms with E-state index in [1.807, 2.05) is 0 Å². The first-order valence-electron chi connectivity index (χ1n) is 23.4. The molecule has 0 aromatic rings. The maximum Gasteiger partial charge on any atom is 0.306 e. The minimum atomic E-state index is -0.792. The quantitative estimate of drug-likeness (QED) is 0.0265. The Bertz CT molecular complexity index is 1040. The first-order valence-corrected chi connectivity index (χ1v) is 23.4. The topological polar surface area (TPSA) is 78.9 Å². The lowest BCUT2D eigenvalue weighted by Gasteiger charge is -2.18. The Labute approximate surface area is 351 Å². The third-order valence-corrected chi connectivity index (χ3v) is 9.60. The molecule has 0 aliphatic carbocycles. The third kappa shape index (κ3) is 43.8. The second-order valence-electron chi connectivity index (χ2n) is 15.3. The molecule has 0 spiro atoms. The van der Waals surface area contributed by atoms with Gasteiger partial charge in [0.25, 0.3) is 0 Å². The first kappa shape index (κ1) is 53.9. The fourth-order valence-electron chi connectivity index (χ4n) is 6.08. The van der Waals surface area contributed by atoms with Crippen molar-refractivity contribution in [1.29, 1.82) is 0 Å². The predicted octanol–water partition coefficient (Wildman–Crippen LogP) is 15.1.